The molecule has 0 amide bonds. The number of likely N-dealkylation sites (N-methyl/N-ethyl adjacent to an activating group) is 1. The highest BCUT2D eigenvalue weighted by Crippen LogP contribution is 2.37. The van der Waals surface area contributed by atoms with E-state index in [2.05, 4.69) is 9.62 Å². The Labute approximate surface area is 188 Å². The van der Waals surface area contributed by atoms with Crippen LogP contribution in [0.25, 0.3) is 0 Å². The van der Waals surface area contributed by atoms with Crippen LogP contribution in [0.3, 0.4) is 0 Å². The molecule has 0 saturated heterocycles. The van der Waals surface area contributed by atoms with E-state index < -0.39 is 16.7 Å². The first-order chi connectivity index (χ1) is 14.8. The van der Waals surface area contributed by atoms with Crippen LogP contribution in [0.15, 0.2) is 35.2 Å². The summed E-state index contributed by atoms with van der Waals surface area (Å²) in [7, 11) is -0.864. The van der Waals surface area contributed by atoms with E-state index in [-0.39, 0.29) is 16.6 Å². The Balaban J connectivity index is 1.99. The van der Waals surface area contributed by atoms with Gasteiger partial charge in [-0.25, -0.2) is 12.8 Å². The zero-order chi connectivity index (χ0) is 22.6. The first kappa shape index (κ1) is 23.6. The molecule has 170 valence electrons. The summed E-state index contributed by atoms with van der Waals surface area (Å²) in [6.07, 6.45) is 1.91. The molecule has 0 heterocycles. The second-order valence-electron chi connectivity index (χ2n) is 7.39. The zero-order valence-corrected chi connectivity index (χ0v) is 19.5. The number of rotatable bonds is 9. The van der Waals surface area contributed by atoms with Crippen LogP contribution in [0.4, 0.5) is 10.1 Å². The van der Waals surface area contributed by atoms with E-state index in [4.69, 9.17) is 21.1 Å². The molecule has 1 N–H and O–H groups in total. The lowest BCUT2D eigenvalue weighted by Crippen LogP contribution is -2.40. The summed E-state index contributed by atoms with van der Waals surface area (Å²) in [6, 6.07) is 8.14. The molecule has 1 aliphatic carbocycles. The number of nitrogens with one attached hydrogen (secondary N) is 1. The zero-order valence-electron chi connectivity index (χ0n) is 18.0. The molecule has 1 aliphatic rings. The van der Waals surface area contributed by atoms with Crippen molar-refractivity contribution < 1.29 is 22.3 Å². The Bertz CT molecular complexity index is 1030. The highest BCUT2D eigenvalue weighted by molar-refractivity contribution is 7.92. The van der Waals surface area contributed by atoms with Gasteiger partial charge in [-0.15, -0.1) is 0 Å². The Morgan fingerprint density at radius 3 is 2.52 bits per heavy atom. The molecular weight excluding hydrogens is 443 g/mol. The van der Waals surface area contributed by atoms with Gasteiger partial charge in [0.05, 0.1) is 24.8 Å². The Kier molecular flexibility index (Phi) is 7.67. The van der Waals surface area contributed by atoms with Crippen LogP contribution >= 0.6 is 11.6 Å². The van der Waals surface area contributed by atoms with Crippen molar-refractivity contribution in [1.82, 2.24) is 4.90 Å². The fraction of sp³-hybridized carbons (Fsp3) is 0.455. The molecule has 2 aromatic rings. The standard InChI is InChI=1S/C22H28ClFN2O4S/c1-4-26(12-11-24)16-6-7-17-18(14-16)20(29-2)9-10-22(17)31(27,28)25-19-13-15(23)5-8-21(19)30-3/h5,8-10,13,16,25H,4,6-7,11-12,14H2,1-3H3/t16-/m0/s1. The normalized spacial score (nSPS) is 16.1. The van der Waals surface area contributed by atoms with Gasteiger partial charge in [0.1, 0.15) is 18.2 Å². The number of alkyl halides is 1. The van der Waals surface area contributed by atoms with Gasteiger partial charge in [0.2, 0.25) is 0 Å². The third-order valence-electron chi connectivity index (χ3n) is 5.72. The van der Waals surface area contributed by atoms with Gasteiger partial charge in [0.15, 0.2) is 0 Å². The van der Waals surface area contributed by atoms with Crippen molar-refractivity contribution in [3.05, 3.63) is 46.5 Å². The summed E-state index contributed by atoms with van der Waals surface area (Å²) in [5, 5.41) is 0.394. The van der Waals surface area contributed by atoms with E-state index >= 15 is 0 Å². The van der Waals surface area contributed by atoms with Crippen molar-refractivity contribution in [3.8, 4) is 11.5 Å². The van der Waals surface area contributed by atoms with Gasteiger partial charge in [0, 0.05) is 23.2 Å². The van der Waals surface area contributed by atoms with Gasteiger partial charge >= 0.3 is 0 Å². The lowest BCUT2D eigenvalue weighted by atomic mass is 9.86. The fourth-order valence-corrected chi connectivity index (χ4v) is 5.75. The number of nitrogens with zero attached hydrogens (tertiary/aromatic N) is 1. The third kappa shape index (κ3) is 5.07. The van der Waals surface area contributed by atoms with E-state index in [1.54, 1.807) is 31.4 Å². The van der Waals surface area contributed by atoms with Crippen LogP contribution < -0.4 is 14.2 Å². The summed E-state index contributed by atoms with van der Waals surface area (Å²) < 4.78 is 53.0. The predicted molar refractivity (Wildman–Crippen MR) is 121 cm³/mol. The maximum atomic E-state index is 13.3. The van der Waals surface area contributed by atoms with Gasteiger partial charge in [-0.2, -0.15) is 0 Å². The number of sulfonamides is 1. The summed E-state index contributed by atoms with van der Waals surface area (Å²) in [5.41, 5.74) is 1.87. The van der Waals surface area contributed by atoms with Crippen molar-refractivity contribution in [1.29, 1.82) is 0 Å². The van der Waals surface area contributed by atoms with Crippen LogP contribution in [0.1, 0.15) is 24.5 Å². The maximum absolute atomic E-state index is 13.3. The number of fused-ring (bicyclic) bond motifs is 1. The highest BCUT2D eigenvalue weighted by Gasteiger charge is 2.31. The molecule has 1 atom stereocenters. The Morgan fingerprint density at radius 1 is 1.16 bits per heavy atom. The number of benzene rings is 2. The average Bonchev–Trinajstić information content (AvgIpc) is 2.76. The molecule has 31 heavy (non-hydrogen) atoms. The van der Waals surface area contributed by atoms with E-state index in [0.29, 0.717) is 35.9 Å². The average molecular weight is 471 g/mol. The Hall–Kier alpha value is -2.03. The highest BCUT2D eigenvalue weighted by atomic mass is 35.5. The monoisotopic (exact) mass is 470 g/mol. The van der Waals surface area contributed by atoms with Crippen LogP contribution in [-0.4, -0.2) is 53.3 Å². The van der Waals surface area contributed by atoms with Crippen LogP contribution in [0.5, 0.6) is 11.5 Å². The summed E-state index contributed by atoms with van der Waals surface area (Å²) in [5.74, 6) is 1.02. The molecule has 0 bridgehead atoms. The van der Waals surface area contributed by atoms with Crippen molar-refractivity contribution in [2.24, 2.45) is 0 Å². The first-order valence-electron chi connectivity index (χ1n) is 10.2. The molecule has 6 nitrogen and oxygen atoms in total. The van der Waals surface area contributed by atoms with E-state index in [9.17, 15) is 12.8 Å². The number of methoxy groups -OCH3 is 2. The smallest absolute Gasteiger partial charge is 0.262 e. The van der Waals surface area contributed by atoms with Crippen molar-refractivity contribution in [2.45, 2.75) is 37.1 Å². The lowest BCUT2D eigenvalue weighted by molar-refractivity contribution is 0.173. The molecular formula is C22H28ClFN2O4S. The minimum Gasteiger partial charge on any atom is -0.496 e. The molecule has 0 fully saturated rings. The maximum Gasteiger partial charge on any atom is 0.262 e. The predicted octanol–water partition coefficient (Wildman–Crippen LogP) is 4.31. The molecule has 0 radical (unpaired) electrons. The number of halogens is 2. The summed E-state index contributed by atoms with van der Waals surface area (Å²) in [4.78, 5) is 2.30. The summed E-state index contributed by atoms with van der Waals surface area (Å²) in [6.45, 7) is 2.70. The van der Waals surface area contributed by atoms with Gasteiger partial charge in [-0.1, -0.05) is 18.5 Å². The minimum absolute atomic E-state index is 0.140. The topological polar surface area (TPSA) is 67.9 Å². The molecule has 0 saturated carbocycles. The number of ether oxygens (including phenoxy) is 2. The van der Waals surface area contributed by atoms with E-state index in [0.717, 1.165) is 24.1 Å². The third-order valence-corrected chi connectivity index (χ3v) is 7.41. The second kappa shape index (κ2) is 10.1. The van der Waals surface area contributed by atoms with Gasteiger partial charge in [-0.05, 0) is 61.7 Å². The van der Waals surface area contributed by atoms with Crippen molar-refractivity contribution in [2.75, 3.05) is 38.7 Å². The van der Waals surface area contributed by atoms with Gasteiger partial charge in [0.25, 0.3) is 10.0 Å². The molecule has 0 spiro atoms. The summed E-state index contributed by atoms with van der Waals surface area (Å²) >= 11 is 6.05. The number of hydrogen-bond donors (Lipinski definition) is 1. The molecule has 0 aromatic heterocycles. The Morgan fingerprint density at radius 2 is 1.87 bits per heavy atom. The molecule has 9 heteroatoms. The molecule has 2 aromatic carbocycles. The van der Waals surface area contributed by atoms with E-state index in [1.807, 2.05) is 6.92 Å². The van der Waals surface area contributed by atoms with Crippen LogP contribution in [0, 0.1) is 0 Å². The number of anilines is 1. The fourth-order valence-electron chi connectivity index (χ4n) is 4.22. The van der Waals surface area contributed by atoms with Gasteiger partial charge in [-0.3, -0.25) is 9.62 Å². The minimum atomic E-state index is -3.90. The second-order valence-corrected chi connectivity index (χ2v) is 9.47. The van der Waals surface area contributed by atoms with Crippen LogP contribution in [-0.2, 0) is 22.9 Å². The number of hydrogen-bond acceptors (Lipinski definition) is 5. The van der Waals surface area contributed by atoms with Gasteiger partial charge < -0.3 is 9.47 Å². The molecule has 0 aliphatic heterocycles. The SMILES string of the molecule is CCN(CCF)[C@H]1CCc2c(S(=O)(=O)Nc3cc(Cl)ccc3OC)ccc(OC)c2C1. The molecule has 3 rings (SSSR count). The quantitative estimate of drug-likeness (QED) is 0.591. The lowest BCUT2D eigenvalue weighted by Gasteiger charge is -2.35. The molecule has 0 unspecified atom stereocenters. The van der Waals surface area contributed by atoms with E-state index in [1.165, 1.54) is 13.2 Å². The van der Waals surface area contributed by atoms with Crippen molar-refractivity contribution in [3.63, 3.8) is 0 Å². The first-order valence-corrected chi connectivity index (χ1v) is 12.1. The van der Waals surface area contributed by atoms with Crippen LogP contribution in [0.2, 0.25) is 5.02 Å². The van der Waals surface area contributed by atoms with Crippen molar-refractivity contribution >= 4 is 27.3 Å². The largest absolute Gasteiger partial charge is 0.496 e.